The molecule has 1 N–H and O–H groups in total. The van der Waals surface area contributed by atoms with Crippen LogP contribution < -0.4 is 0 Å². The summed E-state index contributed by atoms with van der Waals surface area (Å²) in [5, 5.41) is 9.76. The minimum atomic E-state index is -1.24. The van der Waals surface area contributed by atoms with Crippen LogP contribution in [0.1, 0.15) is 78.6 Å². The van der Waals surface area contributed by atoms with Crippen LogP contribution in [0.25, 0.3) is 0 Å². The van der Waals surface area contributed by atoms with Crippen molar-refractivity contribution in [2.24, 2.45) is 22.7 Å². The number of carbonyl (C=O) groups is 3. The van der Waals surface area contributed by atoms with Crippen LogP contribution in [0.15, 0.2) is 23.3 Å². The molecule has 5 heteroatoms. The van der Waals surface area contributed by atoms with Crippen LogP contribution in [0.3, 0.4) is 0 Å². The first-order valence-electron chi connectivity index (χ1n) is 11.5. The first kappa shape index (κ1) is 21.5. The molecule has 0 spiro atoms. The highest BCUT2D eigenvalue weighted by atomic mass is 16.6. The summed E-state index contributed by atoms with van der Waals surface area (Å²) in [5.74, 6) is 0.0939. The minimum Gasteiger partial charge on any atom is -0.450 e. The van der Waals surface area contributed by atoms with Crippen molar-refractivity contribution in [2.75, 3.05) is 6.61 Å². The zero-order valence-corrected chi connectivity index (χ0v) is 18.5. The molecule has 0 radical (unpaired) electrons. The molecule has 2 unspecified atom stereocenters. The average Bonchev–Trinajstić information content (AvgIpc) is 3.01. The lowest BCUT2D eigenvalue weighted by Crippen LogP contribution is -2.57. The van der Waals surface area contributed by atoms with E-state index in [1.54, 1.807) is 0 Å². The van der Waals surface area contributed by atoms with Crippen molar-refractivity contribution in [3.8, 4) is 0 Å². The monoisotopic (exact) mass is 414 g/mol. The number of rotatable bonds is 5. The topological polar surface area (TPSA) is 80.7 Å². The quantitative estimate of drug-likeness (QED) is 0.541. The number of allylic oxidation sites excluding steroid dienone is 4. The molecular formula is C25H34O5. The molecule has 4 aliphatic rings. The van der Waals surface area contributed by atoms with E-state index in [-0.39, 0.29) is 35.3 Å². The van der Waals surface area contributed by atoms with E-state index in [0.29, 0.717) is 31.6 Å². The van der Waals surface area contributed by atoms with Gasteiger partial charge in [0.05, 0.1) is 0 Å². The Balaban J connectivity index is 1.74. The highest BCUT2D eigenvalue weighted by molar-refractivity contribution is 5.93. The Morgan fingerprint density at radius 1 is 1.20 bits per heavy atom. The highest BCUT2D eigenvalue weighted by Gasteiger charge is 2.66. The molecule has 0 amide bonds. The molecule has 0 aromatic carbocycles. The Morgan fingerprint density at radius 2 is 1.97 bits per heavy atom. The lowest BCUT2D eigenvalue weighted by Gasteiger charge is -2.55. The lowest BCUT2D eigenvalue weighted by atomic mass is 9.50. The maximum Gasteiger partial charge on any atom is 0.306 e. The summed E-state index contributed by atoms with van der Waals surface area (Å²) in [4.78, 5) is 37.5. The summed E-state index contributed by atoms with van der Waals surface area (Å²) in [6.45, 7) is 5.67. The summed E-state index contributed by atoms with van der Waals surface area (Å²) in [7, 11) is 0. The van der Waals surface area contributed by atoms with Crippen molar-refractivity contribution < 1.29 is 24.2 Å². The predicted octanol–water partition coefficient (Wildman–Crippen LogP) is 4.08. The summed E-state index contributed by atoms with van der Waals surface area (Å²) >= 11 is 0. The van der Waals surface area contributed by atoms with E-state index in [1.165, 1.54) is 11.1 Å². The Bertz CT molecular complexity index is 838. The van der Waals surface area contributed by atoms with Gasteiger partial charge in [-0.1, -0.05) is 38.0 Å². The van der Waals surface area contributed by atoms with Gasteiger partial charge in [-0.15, -0.1) is 0 Å². The second kappa shape index (κ2) is 7.44. The molecule has 2 fully saturated rings. The fourth-order valence-corrected chi connectivity index (χ4v) is 7.11. The lowest BCUT2D eigenvalue weighted by molar-refractivity contribution is -0.184. The Hall–Kier alpha value is -1.75. The van der Waals surface area contributed by atoms with E-state index in [4.69, 9.17) is 4.74 Å². The Kier molecular flexibility index (Phi) is 5.32. The smallest absolute Gasteiger partial charge is 0.306 e. The van der Waals surface area contributed by atoms with Crippen LogP contribution in [-0.4, -0.2) is 34.9 Å². The van der Waals surface area contributed by atoms with E-state index in [0.717, 1.165) is 25.7 Å². The predicted molar refractivity (Wildman–Crippen MR) is 113 cm³/mol. The van der Waals surface area contributed by atoms with Crippen molar-refractivity contribution >= 4 is 17.5 Å². The molecule has 0 aromatic rings. The average molecular weight is 415 g/mol. The molecule has 164 valence electrons. The van der Waals surface area contributed by atoms with Gasteiger partial charge in [0.1, 0.15) is 6.61 Å². The number of hydrogen-bond donors (Lipinski definition) is 1. The number of ether oxygens (including phenoxy) is 1. The summed E-state index contributed by atoms with van der Waals surface area (Å²) < 4.78 is 5.96. The Labute approximate surface area is 178 Å². The van der Waals surface area contributed by atoms with Gasteiger partial charge < -0.3 is 9.84 Å². The van der Waals surface area contributed by atoms with Gasteiger partial charge in [0.25, 0.3) is 0 Å². The number of ketones is 2. The summed E-state index contributed by atoms with van der Waals surface area (Å²) in [6.07, 6.45) is 10.4. The van der Waals surface area contributed by atoms with Crippen LogP contribution in [0.4, 0.5) is 0 Å². The normalized spacial score (nSPS) is 39.9. The third-order valence-corrected chi connectivity index (χ3v) is 8.79. The third-order valence-electron chi connectivity index (χ3n) is 8.79. The maximum absolute atomic E-state index is 13.0. The van der Waals surface area contributed by atoms with Crippen molar-refractivity contribution in [1.82, 2.24) is 0 Å². The highest BCUT2D eigenvalue weighted by Crippen LogP contribution is 2.66. The SMILES string of the molecule is CCCC(=O)O[C@@]1(C(=O)CO)CCC2C3CCC4=CC(=O)CC[C@]4(C)C3=CC[C@@]21C. The van der Waals surface area contributed by atoms with Gasteiger partial charge in [-0.05, 0) is 62.9 Å². The van der Waals surface area contributed by atoms with Crippen molar-refractivity contribution in [3.05, 3.63) is 23.3 Å². The van der Waals surface area contributed by atoms with E-state index >= 15 is 0 Å². The third kappa shape index (κ3) is 2.88. The molecule has 5 nitrogen and oxygen atoms in total. The molecule has 0 bridgehead atoms. The van der Waals surface area contributed by atoms with E-state index < -0.39 is 17.6 Å². The number of aliphatic hydroxyl groups excluding tert-OH is 1. The largest absolute Gasteiger partial charge is 0.450 e. The molecule has 4 aliphatic carbocycles. The molecular weight excluding hydrogens is 380 g/mol. The molecule has 0 aromatic heterocycles. The fourth-order valence-electron chi connectivity index (χ4n) is 7.11. The molecule has 5 atom stereocenters. The van der Waals surface area contributed by atoms with Gasteiger partial charge in [-0.3, -0.25) is 14.4 Å². The second-order valence-electron chi connectivity index (χ2n) is 10.2. The molecule has 0 saturated heterocycles. The summed E-state index contributed by atoms with van der Waals surface area (Å²) in [6, 6.07) is 0. The van der Waals surface area contributed by atoms with Gasteiger partial charge in [0.2, 0.25) is 5.78 Å². The first-order valence-corrected chi connectivity index (χ1v) is 11.5. The zero-order chi connectivity index (χ0) is 21.7. The molecule has 4 rings (SSSR count). The molecule has 0 aliphatic heterocycles. The zero-order valence-electron chi connectivity index (χ0n) is 18.5. The van der Waals surface area contributed by atoms with Gasteiger partial charge in [-0.25, -0.2) is 0 Å². The fraction of sp³-hybridized carbons (Fsp3) is 0.720. The number of fused-ring (bicyclic) bond motifs is 5. The number of Topliss-reactive ketones (excluding diaryl/α,β-unsaturated/α-hetero) is 1. The first-order chi connectivity index (χ1) is 14.2. The molecule has 0 heterocycles. The van der Waals surface area contributed by atoms with E-state index in [1.807, 2.05) is 13.0 Å². The van der Waals surface area contributed by atoms with Crippen LogP contribution in [-0.2, 0) is 19.1 Å². The molecule has 2 saturated carbocycles. The number of carbonyl (C=O) groups excluding carboxylic acids is 3. The second-order valence-corrected chi connectivity index (χ2v) is 10.2. The van der Waals surface area contributed by atoms with Gasteiger partial charge in [-0.2, -0.15) is 0 Å². The van der Waals surface area contributed by atoms with Crippen molar-refractivity contribution in [2.45, 2.75) is 84.2 Å². The van der Waals surface area contributed by atoms with E-state index in [9.17, 15) is 19.5 Å². The van der Waals surface area contributed by atoms with Crippen LogP contribution in [0.2, 0.25) is 0 Å². The standard InChI is InChI=1S/C25H34O5/c1-4-5-22(29)30-25(21(28)15-26)13-10-20-18-7-6-16-14-17(27)8-11-23(16,2)19(18)9-12-24(20,25)3/h9,14,18,20,26H,4-8,10-13,15H2,1-3H3/t18?,20?,23-,24-,25+/m0/s1. The van der Waals surface area contributed by atoms with Gasteiger partial charge in [0, 0.05) is 23.7 Å². The Morgan fingerprint density at radius 3 is 2.67 bits per heavy atom. The van der Waals surface area contributed by atoms with E-state index in [2.05, 4.69) is 19.9 Å². The minimum absolute atomic E-state index is 0.0662. The number of esters is 1. The number of hydrogen-bond acceptors (Lipinski definition) is 5. The van der Waals surface area contributed by atoms with Crippen molar-refractivity contribution in [3.63, 3.8) is 0 Å². The number of aliphatic hydroxyl groups is 1. The van der Waals surface area contributed by atoms with Gasteiger partial charge >= 0.3 is 5.97 Å². The van der Waals surface area contributed by atoms with Crippen LogP contribution >= 0.6 is 0 Å². The molecule has 30 heavy (non-hydrogen) atoms. The van der Waals surface area contributed by atoms with Crippen LogP contribution in [0.5, 0.6) is 0 Å². The summed E-state index contributed by atoms with van der Waals surface area (Å²) in [5.41, 5.74) is 0.868. The van der Waals surface area contributed by atoms with Crippen molar-refractivity contribution in [1.29, 1.82) is 0 Å². The van der Waals surface area contributed by atoms with Crippen LogP contribution in [0, 0.1) is 22.7 Å². The van der Waals surface area contributed by atoms with Gasteiger partial charge in [0.15, 0.2) is 11.4 Å². The maximum atomic E-state index is 13.0.